The van der Waals surface area contributed by atoms with E-state index < -0.39 is 11.0 Å². The molecular weight excluding hydrogens is 218 g/mol. The molecule has 1 aliphatic heterocycles. The monoisotopic (exact) mass is 243 g/mol. The molecule has 0 saturated carbocycles. The highest BCUT2D eigenvalue weighted by Gasteiger charge is 2.51. The van der Waals surface area contributed by atoms with Gasteiger partial charge >= 0.3 is 0 Å². The maximum atomic E-state index is 12.2. The first kappa shape index (κ1) is 13.9. The molecule has 1 aliphatic rings. The molecule has 94 valence electrons. The van der Waals surface area contributed by atoms with Crippen LogP contribution in [0.1, 0.15) is 53.4 Å². The molecule has 1 unspecified atom stereocenters. The summed E-state index contributed by atoms with van der Waals surface area (Å²) in [6.07, 6.45) is 6.86. The molecule has 1 heterocycles. The molecule has 1 saturated heterocycles. The Bertz CT molecular complexity index is 270. The SMILES string of the molecule is C=C[C@H]1[C@H](CCCCC)N1[S@](=O)C(C)(C)C. The van der Waals surface area contributed by atoms with E-state index in [1.54, 1.807) is 0 Å². The normalized spacial score (nSPS) is 31.1. The zero-order valence-electron chi connectivity index (χ0n) is 11.0. The van der Waals surface area contributed by atoms with Crippen LogP contribution in [0.25, 0.3) is 0 Å². The van der Waals surface area contributed by atoms with Crippen molar-refractivity contribution in [3.05, 3.63) is 12.7 Å². The average molecular weight is 243 g/mol. The molecule has 0 N–H and O–H groups in total. The zero-order chi connectivity index (χ0) is 12.3. The van der Waals surface area contributed by atoms with Gasteiger partial charge < -0.3 is 0 Å². The van der Waals surface area contributed by atoms with Gasteiger partial charge in [-0.1, -0.05) is 32.3 Å². The van der Waals surface area contributed by atoms with Crippen molar-refractivity contribution in [3.63, 3.8) is 0 Å². The van der Waals surface area contributed by atoms with E-state index in [1.165, 1.54) is 19.3 Å². The van der Waals surface area contributed by atoms with Gasteiger partial charge in [0.1, 0.15) is 11.0 Å². The Hall–Kier alpha value is -0.150. The first-order valence-corrected chi connectivity index (χ1v) is 7.37. The van der Waals surface area contributed by atoms with Crippen molar-refractivity contribution in [2.45, 2.75) is 70.2 Å². The Morgan fingerprint density at radius 2 is 2.00 bits per heavy atom. The maximum Gasteiger partial charge on any atom is 0.101 e. The molecule has 0 spiro atoms. The van der Waals surface area contributed by atoms with Gasteiger partial charge in [-0.2, -0.15) is 0 Å². The summed E-state index contributed by atoms with van der Waals surface area (Å²) in [7, 11) is -0.881. The van der Waals surface area contributed by atoms with Gasteiger partial charge in [0.05, 0.1) is 10.8 Å². The smallest absolute Gasteiger partial charge is 0.101 e. The van der Waals surface area contributed by atoms with Crippen LogP contribution < -0.4 is 0 Å². The summed E-state index contributed by atoms with van der Waals surface area (Å²) in [5.41, 5.74) is 0. The van der Waals surface area contributed by atoms with Gasteiger partial charge in [-0.25, -0.2) is 8.51 Å². The quantitative estimate of drug-likeness (QED) is 0.398. The fourth-order valence-electron chi connectivity index (χ4n) is 1.99. The largest absolute Gasteiger partial charge is 0.242 e. The van der Waals surface area contributed by atoms with Crippen molar-refractivity contribution in [2.24, 2.45) is 0 Å². The van der Waals surface area contributed by atoms with Crippen LogP contribution in [0.5, 0.6) is 0 Å². The van der Waals surface area contributed by atoms with Crippen LogP contribution in [0.2, 0.25) is 0 Å². The Morgan fingerprint density at radius 1 is 1.38 bits per heavy atom. The number of rotatable bonds is 6. The molecule has 16 heavy (non-hydrogen) atoms. The minimum absolute atomic E-state index is 0.152. The Kier molecular flexibility index (Phi) is 4.74. The molecule has 2 nitrogen and oxygen atoms in total. The highest BCUT2D eigenvalue weighted by atomic mass is 32.2. The third-order valence-corrected chi connectivity index (χ3v) is 4.93. The molecule has 0 bridgehead atoms. The Labute approximate surface area is 103 Å². The maximum absolute atomic E-state index is 12.2. The molecule has 0 aromatic carbocycles. The average Bonchev–Trinajstić information content (AvgIpc) is 2.89. The lowest BCUT2D eigenvalue weighted by molar-refractivity contribution is 0.578. The Balaban J connectivity index is 2.49. The first-order chi connectivity index (χ1) is 7.43. The van der Waals surface area contributed by atoms with Crippen LogP contribution in [0.15, 0.2) is 12.7 Å². The van der Waals surface area contributed by atoms with Crippen molar-refractivity contribution in [2.75, 3.05) is 0 Å². The summed E-state index contributed by atoms with van der Waals surface area (Å²) < 4.78 is 14.2. The highest BCUT2D eigenvalue weighted by molar-refractivity contribution is 7.84. The van der Waals surface area contributed by atoms with E-state index in [0.29, 0.717) is 12.1 Å². The van der Waals surface area contributed by atoms with E-state index in [1.807, 2.05) is 26.8 Å². The second kappa shape index (κ2) is 5.46. The highest BCUT2D eigenvalue weighted by Crippen LogP contribution is 2.38. The van der Waals surface area contributed by atoms with E-state index in [-0.39, 0.29) is 4.75 Å². The predicted octanol–water partition coefficient (Wildman–Crippen LogP) is 3.27. The standard InChI is InChI=1S/C13H25NOS/c1-6-8-9-10-12-11(7-2)14(12)16(15)13(3,4)5/h7,11-12H,2,6,8-10H2,1,3-5H3/t11-,12-,14?,16+/m0/s1. The van der Waals surface area contributed by atoms with Crippen molar-refractivity contribution in [1.82, 2.24) is 4.31 Å². The fraction of sp³-hybridized carbons (Fsp3) is 0.846. The molecule has 0 amide bonds. The van der Waals surface area contributed by atoms with Gasteiger partial charge in [0.2, 0.25) is 0 Å². The lowest BCUT2D eigenvalue weighted by atomic mass is 10.1. The second-order valence-electron chi connectivity index (χ2n) is 5.51. The van der Waals surface area contributed by atoms with Crippen LogP contribution in [-0.4, -0.2) is 25.3 Å². The lowest BCUT2D eigenvalue weighted by Gasteiger charge is -2.18. The van der Waals surface area contributed by atoms with Gasteiger partial charge in [0.15, 0.2) is 0 Å². The molecule has 0 radical (unpaired) electrons. The van der Waals surface area contributed by atoms with Gasteiger partial charge in [0, 0.05) is 6.04 Å². The summed E-state index contributed by atoms with van der Waals surface area (Å²) in [4.78, 5) is 0. The van der Waals surface area contributed by atoms with Crippen molar-refractivity contribution in [3.8, 4) is 0 Å². The minimum Gasteiger partial charge on any atom is -0.242 e. The lowest BCUT2D eigenvalue weighted by Crippen LogP contribution is -2.28. The number of hydrogen-bond donors (Lipinski definition) is 0. The second-order valence-corrected chi connectivity index (χ2v) is 7.66. The Morgan fingerprint density at radius 3 is 2.44 bits per heavy atom. The van der Waals surface area contributed by atoms with Gasteiger partial charge in [-0.05, 0) is 27.2 Å². The van der Waals surface area contributed by atoms with Gasteiger partial charge in [-0.15, -0.1) is 6.58 Å². The van der Waals surface area contributed by atoms with Crippen LogP contribution in [-0.2, 0) is 11.0 Å². The molecule has 3 heteroatoms. The minimum atomic E-state index is -0.881. The topological polar surface area (TPSA) is 20.1 Å². The van der Waals surface area contributed by atoms with E-state index >= 15 is 0 Å². The van der Waals surface area contributed by atoms with Crippen LogP contribution >= 0.6 is 0 Å². The predicted molar refractivity (Wildman–Crippen MR) is 71.6 cm³/mol. The van der Waals surface area contributed by atoms with Crippen molar-refractivity contribution < 1.29 is 4.21 Å². The summed E-state index contributed by atoms with van der Waals surface area (Å²) in [5.74, 6) is 0. The summed E-state index contributed by atoms with van der Waals surface area (Å²) in [6.45, 7) is 12.1. The molecule has 0 aromatic heterocycles. The van der Waals surface area contributed by atoms with Crippen LogP contribution in [0, 0.1) is 0 Å². The fourth-order valence-corrected chi connectivity index (χ4v) is 3.49. The molecule has 0 aliphatic carbocycles. The number of nitrogens with zero attached hydrogens (tertiary/aromatic N) is 1. The number of unbranched alkanes of at least 4 members (excludes halogenated alkanes) is 2. The molecule has 1 fully saturated rings. The summed E-state index contributed by atoms with van der Waals surface area (Å²) >= 11 is 0. The van der Waals surface area contributed by atoms with E-state index in [2.05, 4.69) is 17.8 Å². The molecule has 1 rings (SSSR count). The van der Waals surface area contributed by atoms with Crippen molar-refractivity contribution in [1.29, 1.82) is 0 Å². The zero-order valence-corrected chi connectivity index (χ0v) is 11.8. The van der Waals surface area contributed by atoms with Crippen molar-refractivity contribution >= 4 is 11.0 Å². The van der Waals surface area contributed by atoms with Crippen LogP contribution in [0.3, 0.4) is 0 Å². The molecular formula is C13H25NOS. The third kappa shape index (κ3) is 3.17. The molecule has 4 atom stereocenters. The van der Waals surface area contributed by atoms with Gasteiger partial charge in [-0.3, -0.25) is 0 Å². The van der Waals surface area contributed by atoms with E-state index in [0.717, 1.165) is 6.42 Å². The molecule has 0 aromatic rings. The van der Waals surface area contributed by atoms with E-state index in [4.69, 9.17) is 0 Å². The van der Waals surface area contributed by atoms with Crippen LogP contribution in [0.4, 0.5) is 0 Å². The number of hydrogen-bond acceptors (Lipinski definition) is 1. The summed E-state index contributed by atoms with van der Waals surface area (Å²) in [6, 6.07) is 0.820. The first-order valence-electron chi connectivity index (χ1n) is 6.26. The third-order valence-electron chi connectivity index (χ3n) is 2.99. The van der Waals surface area contributed by atoms with E-state index in [9.17, 15) is 4.21 Å². The van der Waals surface area contributed by atoms with Gasteiger partial charge in [0.25, 0.3) is 0 Å². The summed E-state index contributed by atoms with van der Waals surface area (Å²) in [5, 5.41) is 0.